The van der Waals surface area contributed by atoms with Crippen LogP contribution in [0.15, 0.2) is 54.7 Å². The Morgan fingerprint density at radius 1 is 1.11 bits per heavy atom. The first-order chi connectivity index (χ1) is 17.4. The number of hydrogen-bond acceptors (Lipinski definition) is 3. The number of H-pyrrole nitrogens is 1. The number of nitrogens with zero attached hydrogens (tertiary/aromatic N) is 3. The van der Waals surface area contributed by atoms with Crippen LogP contribution < -0.4 is 4.90 Å². The maximum absolute atomic E-state index is 13.5. The molecule has 1 fully saturated rings. The van der Waals surface area contributed by atoms with Gasteiger partial charge in [0.15, 0.2) is 0 Å². The van der Waals surface area contributed by atoms with Crippen molar-refractivity contribution in [2.45, 2.75) is 38.3 Å². The third-order valence-electron chi connectivity index (χ3n) is 7.85. The molecule has 4 heterocycles. The van der Waals surface area contributed by atoms with Gasteiger partial charge in [0.05, 0.1) is 11.3 Å². The largest absolute Gasteiger partial charge is 0.360 e. The molecule has 3 aliphatic rings. The summed E-state index contributed by atoms with van der Waals surface area (Å²) in [4.78, 5) is 47.6. The van der Waals surface area contributed by atoms with Crippen molar-refractivity contribution in [1.29, 1.82) is 0 Å². The Bertz CT molecular complexity index is 1440. The number of amides is 3. The Morgan fingerprint density at radius 3 is 2.75 bits per heavy atom. The number of rotatable bonds is 4. The fraction of sp³-hybridized carbons (Fsp3) is 0.321. The van der Waals surface area contributed by atoms with E-state index in [1.54, 1.807) is 32.9 Å². The van der Waals surface area contributed by atoms with Gasteiger partial charge >= 0.3 is 0 Å². The number of halogens is 1. The minimum Gasteiger partial charge on any atom is -0.360 e. The zero-order chi connectivity index (χ0) is 25.0. The van der Waals surface area contributed by atoms with Crippen LogP contribution in [0.2, 0.25) is 0 Å². The highest BCUT2D eigenvalue weighted by Gasteiger charge is 2.52. The molecule has 0 spiro atoms. The molecule has 0 radical (unpaired) electrons. The highest BCUT2D eigenvalue weighted by Crippen LogP contribution is 2.44. The smallest absolute Gasteiger partial charge is 0.257 e. The number of para-hydroxylation sites is 1. The van der Waals surface area contributed by atoms with Crippen LogP contribution in [0.25, 0.3) is 16.5 Å². The van der Waals surface area contributed by atoms with Gasteiger partial charge in [0.25, 0.3) is 5.91 Å². The van der Waals surface area contributed by atoms with Crippen LogP contribution >= 0.6 is 0 Å². The first kappa shape index (κ1) is 22.5. The van der Waals surface area contributed by atoms with Gasteiger partial charge < -0.3 is 14.8 Å². The Balaban J connectivity index is 1.16. The second-order valence-corrected chi connectivity index (χ2v) is 9.88. The first-order valence-corrected chi connectivity index (χ1v) is 12.3. The molecule has 184 valence electrons. The summed E-state index contributed by atoms with van der Waals surface area (Å²) in [5.74, 6) is -0.428. The van der Waals surface area contributed by atoms with E-state index in [0.717, 1.165) is 22.0 Å². The summed E-state index contributed by atoms with van der Waals surface area (Å²) in [6, 6.07) is 11.9. The number of carbonyl (C=O) groups is 3. The van der Waals surface area contributed by atoms with Crippen LogP contribution in [0.4, 0.5) is 10.1 Å². The molecule has 0 aliphatic carbocycles. The molecule has 0 saturated carbocycles. The lowest BCUT2D eigenvalue weighted by atomic mass is 9.97. The molecule has 1 atom stereocenters. The van der Waals surface area contributed by atoms with E-state index in [4.69, 9.17) is 0 Å². The SMILES string of the molecule is CC12CCC(=O)N1c1ccccc1C(=O)N2CCC(=O)N1CC=C(c2c[nH]c3cc(F)ccc23)CC1. The second-order valence-electron chi connectivity index (χ2n) is 9.88. The number of carbonyl (C=O) groups excluding carboxylic acids is 3. The van der Waals surface area contributed by atoms with Crippen LogP contribution in [-0.2, 0) is 9.59 Å². The van der Waals surface area contributed by atoms with Crippen molar-refractivity contribution in [2.75, 3.05) is 24.5 Å². The number of hydrogen-bond donors (Lipinski definition) is 1. The van der Waals surface area contributed by atoms with E-state index in [1.807, 2.05) is 31.3 Å². The topological polar surface area (TPSA) is 76.7 Å². The molecule has 2 aromatic carbocycles. The van der Waals surface area contributed by atoms with E-state index in [-0.39, 0.29) is 36.5 Å². The summed E-state index contributed by atoms with van der Waals surface area (Å²) in [5, 5.41) is 0.968. The predicted molar refractivity (Wildman–Crippen MR) is 135 cm³/mol. The molecule has 0 bridgehead atoms. The molecule has 1 unspecified atom stereocenters. The van der Waals surface area contributed by atoms with Crippen molar-refractivity contribution < 1.29 is 18.8 Å². The molecule has 3 amide bonds. The molecule has 36 heavy (non-hydrogen) atoms. The first-order valence-electron chi connectivity index (χ1n) is 12.3. The fourth-order valence-corrected chi connectivity index (χ4v) is 5.91. The molecule has 1 aromatic heterocycles. The third-order valence-corrected chi connectivity index (χ3v) is 7.85. The fourth-order valence-electron chi connectivity index (χ4n) is 5.91. The standard InChI is InChI=1S/C28H27FN4O3/c1-28-12-8-26(35)33(28)24-5-3-2-4-21(24)27(36)32(28)15-11-25(34)31-13-9-18(10-14-31)22-17-30-23-16-19(29)6-7-20(22)23/h2-7,9,16-17,30H,8,10-15H2,1H3. The van der Waals surface area contributed by atoms with Crippen molar-refractivity contribution in [3.63, 3.8) is 0 Å². The van der Waals surface area contributed by atoms with Crippen LogP contribution in [0.5, 0.6) is 0 Å². The van der Waals surface area contributed by atoms with Crippen molar-refractivity contribution in [2.24, 2.45) is 0 Å². The summed E-state index contributed by atoms with van der Waals surface area (Å²) in [6.07, 6.45) is 5.76. The van der Waals surface area contributed by atoms with E-state index in [9.17, 15) is 18.8 Å². The molecule has 1 N–H and O–H groups in total. The van der Waals surface area contributed by atoms with E-state index < -0.39 is 5.66 Å². The van der Waals surface area contributed by atoms with Gasteiger partial charge in [0.2, 0.25) is 11.8 Å². The lowest BCUT2D eigenvalue weighted by Crippen LogP contribution is -2.62. The maximum Gasteiger partial charge on any atom is 0.257 e. The summed E-state index contributed by atoms with van der Waals surface area (Å²) in [7, 11) is 0. The summed E-state index contributed by atoms with van der Waals surface area (Å²) in [6.45, 7) is 3.24. The van der Waals surface area contributed by atoms with Crippen LogP contribution in [0.3, 0.4) is 0 Å². The third kappa shape index (κ3) is 3.43. The van der Waals surface area contributed by atoms with Crippen molar-refractivity contribution >= 4 is 39.9 Å². The highest BCUT2D eigenvalue weighted by atomic mass is 19.1. The van der Waals surface area contributed by atoms with Gasteiger partial charge in [-0.15, -0.1) is 0 Å². The van der Waals surface area contributed by atoms with E-state index in [2.05, 4.69) is 4.98 Å². The Kier molecular flexibility index (Phi) is 5.21. The molecular formula is C28H27FN4O3. The average Bonchev–Trinajstić information content (AvgIpc) is 3.44. The monoisotopic (exact) mass is 486 g/mol. The average molecular weight is 487 g/mol. The molecule has 3 aromatic rings. The van der Waals surface area contributed by atoms with Gasteiger partial charge in [-0.1, -0.05) is 18.2 Å². The van der Waals surface area contributed by atoms with Crippen molar-refractivity contribution in [3.05, 3.63) is 71.7 Å². The summed E-state index contributed by atoms with van der Waals surface area (Å²) >= 11 is 0. The van der Waals surface area contributed by atoms with Gasteiger partial charge in [-0.2, -0.15) is 0 Å². The zero-order valence-corrected chi connectivity index (χ0v) is 20.1. The quantitative estimate of drug-likeness (QED) is 0.597. The van der Waals surface area contributed by atoms with Crippen LogP contribution in [0.1, 0.15) is 48.5 Å². The minimum atomic E-state index is -0.757. The van der Waals surface area contributed by atoms with Crippen molar-refractivity contribution in [1.82, 2.24) is 14.8 Å². The summed E-state index contributed by atoms with van der Waals surface area (Å²) in [5.41, 5.74) is 3.32. The van der Waals surface area contributed by atoms with Gasteiger partial charge in [0.1, 0.15) is 11.5 Å². The van der Waals surface area contributed by atoms with Crippen LogP contribution in [0, 0.1) is 5.82 Å². The maximum atomic E-state index is 13.5. The minimum absolute atomic E-state index is 0.00231. The van der Waals surface area contributed by atoms with E-state index >= 15 is 0 Å². The molecular weight excluding hydrogens is 459 g/mol. The number of anilines is 1. The summed E-state index contributed by atoms with van der Waals surface area (Å²) < 4.78 is 13.5. The van der Waals surface area contributed by atoms with E-state index in [0.29, 0.717) is 43.6 Å². The number of aromatic nitrogens is 1. The molecule has 8 heteroatoms. The highest BCUT2D eigenvalue weighted by molar-refractivity contribution is 6.10. The lowest BCUT2D eigenvalue weighted by molar-refractivity contribution is -0.131. The zero-order valence-electron chi connectivity index (χ0n) is 20.1. The Morgan fingerprint density at radius 2 is 1.94 bits per heavy atom. The normalized spacial score (nSPS) is 21.6. The van der Waals surface area contributed by atoms with E-state index in [1.165, 1.54) is 12.1 Å². The number of benzene rings is 2. The number of nitrogens with one attached hydrogen (secondary N) is 1. The van der Waals surface area contributed by atoms with Gasteiger partial charge in [0, 0.05) is 55.1 Å². The molecule has 3 aliphatic heterocycles. The van der Waals surface area contributed by atoms with Gasteiger partial charge in [-0.05, 0) is 55.7 Å². The Hall–Kier alpha value is -3.94. The van der Waals surface area contributed by atoms with Crippen LogP contribution in [-0.4, -0.2) is 57.8 Å². The number of fused-ring (bicyclic) bond motifs is 4. The molecule has 1 saturated heterocycles. The predicted octanol–water partition coefficient (Wildman–Crippen LogP) is 4.31. The Labute approximate surface area is 208 Å². The van der Waals surface area contributed by atoms with Crippen molar-refractivity contribution in [3.8, 4) is 0 Å². The molecule has 7 nitrogen and oxygen atoms in total. The van der Waals surface area contributed by atoms with Gasteiger partial charge in [-0.3, -0.25) is 19.3 Å². The van der Waals surface area contributed by atoms with Gasteiger partial charge in [-0.25, -0.2) is 4.39 Å². The molecule has 6 rings (SSSR count). The number of aromatic amines is 1. The second kappa shape index (κ2) is 8.33. The lowest BCUT2D eigenvalue weighted by Gasteiger charge is -2.48.